The van der Waals surface area contributed by atoms with Crippen molar-refractivity contribution in [1.29, 1.82) is 0 Å². The minimum absolute atomic E-state index is 0.341. The van der Waals surface area contributed by atoms with Gasteiger partial charge in [0, 0.05) is 25.9 Å². The highest BCUT2D eigenvalue weighted by atomic mass is 16.4. The normalized spacial score (nSPS) is 9.88. The number of hydrogen-bond acceptors (Lipinski definition) is 4. The first-order valence-corrected chi connectivity index (χ1v) is 17.0. The van der Waals surface area contributed by atoms with Gasteiger partial charge in [0.15, 0.2) is 0 Å². The molecule has 4 N–H and O–H groups in total. The summed E-state index contributed by atoms with van der Waals surface area (Å²) in [5, 5.41) is 33.1. The monoisotopic (exact) mass is 591 g/mol. The molecular formula is C34H70O7. The number of carboxylic acid groups (broad SMARTS) is 3. The van der Waals surface area contributed by atoms with Crippen molar-refractivity contribution in [3.63, 3.8) is 0 Å². The largest absolute Gasteiger partial charge is 0.481 e. The van der Waals surface area contributed by atoms with Crippen LogP contribution in [0.5, 0.6) is 0 Å². The Morgan fingerprint density at radius 2 is 0.537 bits per heavy atom. The highest BCUT2D eigenvalue weighted by Gasteiger charge is 1.97. The molecule has 0 unspecified atom stereocenters. The molecule has 0 rings (SSSR count). The number of unbranched alkanes of at least 4 members (excludes halogenated alkanes) is 19. The summed E-state index contributed by atoms with van der Waals surface area (Å²) >= 11 is 0. The molecule has 0 aliphatic rings. The molecule has 0 aromatic carbocycles. The Balaban J connectivity index is -0.000000231. The summed E-state index contributed by atoms with van der Waals surface area (Å²) in [6.45, 7) is 8.99. The molecule has 41 heavy (non-hydrogen) atoms. The van der Waals surface area contributed by atoms with Crippen LogP contribution in [0.4, 0.5) is 0 Å². The van der Waals surface area contributed by atoms with Crippen LogP contribution in [0.2, 0.25) is 0 Å². The Labute approximate surface area is 253 Å². The molecule has 0 saturated carbocycles. The average Bonchev–Trinajstić information content (AvgIpc) is 2.93. The van der Waals surface area contributed by atoms with Gasteiger partial charge in [-0.15, -0.1) is 0 Å². The zero-order valence-corrected chi connectivity index (χ0v) is 27.6. The third-order valence-corrected chi connectivity index (χ3v) is 6.49. The number of aliphatic hydroxyl groups excluding tert-OH is 1. The molecule has 0 atom stereocenters. The van der Waals surface area contributed by atoms with Gasteiger partial charge in [-0.1, -0.05) is 150 Å². The van der Waals surface area contributed by atoms with E-state index in [-0.39, 0.29) is 0 Å². The summed E-state index contributed by atoms with van der Waals surface area (Å²) in [6, 6.07) is 0. The average molecular weight is 591 g/mol. The molecule has 7 nitrogen and oxygen atoms in total. The van der Waals surface area contributed by atoms with Crippen molar-refractivity contribution in [2.24, 2.45) is 0 Å². The van der Waals surface area contributed by atoms with Gasteiger partial charge in [-0.25, -0.2) is 0 Å². The van der Waals surface area contributed by atoms with Crippen LogP contribution in [0, 0.1) is 0 Å². The first-order chi connectivity index (χ1) is 19.7. The lowest BCUT2D eigenvalue weighted by molar-refractivity contribution is -0.138. The standard InChI is InChI=1S/3C10H20O2.C4H10O/c3*1-2-3-4-5-6-7-8-9-10(11)12;1-2-3-4-5/h3*2-9H2,1H3,(H,11,12);5H,2-4H2,1H3. The van der Waals surface area contributed by atoms with Crippen molar-refractivity contribution in [3.8, 4) is 0 Å². The smallest absolute Gasteiger partial charge is 0.303 e. The van der Waals surface area contributed by atoms with Crippen LogP contribution < -0.4 is 0 Å². The summed E-state index contributed by atoms with van der Waals surface area (Å²) in [6.07, 6.45) is 28.0. The van der Waals surface area contributed by atoms with E-state index < -0.39 is 17.9 Å². The summed E-state index contributed by atoms with van der Waals surface area (Å²) in [7, 11) is 0. The molecule has 0 radical (unpaired) electrons. The maximum atomic E-state index is 10.1. The van der Waals surface area contributed by atoms with Crippen molar-refractivity contribution < 1.29 is 34.8 Å². The first kappa shape index (κ1) is 46.3. The van der Waals surface area contributed by atoms with Crippen LogP contribution in [-0.4, -0.2) is 44.9 Å². The maximum absolute atomic E-state index is 10.1. The van der Waals surface area contributed by atoms with E-state index in [2.05, 4.69) is 27.7 Å². The van der Waals surface area contributed by atoms with Crippen LogP contribution in [-0.2, 0) is 14.4 Å². The van der Waals surface area contributed by atoms with E-state index in [1.165, 1.54) is 96.3 Å². The molecule has 0 aliphatic carbocycles. The molecule has 0 spiro atoms. The van der Waals surface area contributed by atoms with E-state index in [0.29, 0.717) is 25.9 Å². The van der Waals surface area contributed by atoms with Gasteiger partial charge in [0.1, 0.15) is 0 Å². The van der Waals surface area contributed by atoms with Crippen LogP contribution in [0.1, 0.15) is 195 Å². The molecule has 0 aliphatic heterocycles. The Kier molecular flexibility index (Phi) is 51.3. The van der Waals surface area contributed by atoms with Gasteiger partial charge in [0.05, 0.1) is 0 Å². The SMILES string of the molecule is CCCCCCCCCC(=O)O.CCCCCCCCCC(=O)O.CCCCCCCCCC(=O)O.CCCCO. The van der Waals surface area contributed by atoms with Gasteiger partial charge in [0.2, 0.25) is 0 Å². The van der Waals surface area contributed by atoms with Crippen LogP contribution >= 0.6 is 0 Å². The van der Waals surface area contributed by atoms with Crippen molar-refractivity contribution in [2.45, 2.75) is 195 Å². The number of carbonyl (C=O) groups is 3. The molecule has 248 valence electrons. The summed E-state index contributed by atoms with van der Waals surface area (Å²) < 4.78 is 0. The number of carboxylic acids is 3. The van der Waals surface area contributed by atoms with Crippen molar-refractivity contribution in [2.75, 3.05) is 6.61 Å². The van der Waals surface area contributed by atoms with E-state index >= 15 is 0 Å². The minimum Gasteiger partial charge on any atom is -0.481 e. The first-order valence-electron chi connectivity index (χ1n) is 17.0. The second-order valence-corrected chi connectivity index (χ2v) is 10.9. The lowest BCUT2D eigenvalue weighted by atomic mass is 10.1. The fraction of sp³-hybridized carbons (Fsp3) is 0.912. The van der Waals surface area contributed by atoms with E-state index in [4.69, 9.17) is 20.4 Å². The van der Waals surface area contributed by atoms with Crippen LogP contribution in [0.3, 0.4) is 0 Å². The molecule has 0 bridgehead atoms. The van der Waals surface area contributed by atoms with E-state index in [1.54, 1.807) is 0 Å². The number of aliphatic carboxylic acids is 3. The highest BCUT2D eigenvalue weighted by Crippen LogP contribution is 2.09. The summed E-state index contributed by atoms with van der Waals surface area (Å²) in [5.41, 5.74) is 0. The fourth-order valence-corrected chi connectivity index (χ4v) is 3.86. The molecular weight excluding hydrogens is 520 g/mol. The van der Waals surface area contributed by atoms with Gasteiger partial charge < -0.3 is 20.4 Å². The Morgan fingerprint density at radius 1 is 0.341 bits per heavy atom. The predicted molar refractivity (Wildman–Crippen MR) is 173 cm³/mol. The Bertz CT molecular complexity index is 441. The molecule has 0 aromatic rings. The predicted octanol–water partition coefficient (Wildman–Crippen LogP) is 10.4. The third-order valence-electron chi connectivity index (χ3n) is 6.49. The van der Waals surface area contributed by atoms with Crippen LogP contribution in [0.15, 0.2) is 0 Å². The van der Waals surface area contributed by atoms with Crippen molar-refractivity contribution >= 4 is 17.9 Å². The van der Waals surface area contributed by atoms with Gasteiger partial charge in [-0.3, -0.25) is 14.4 Å². The molecule has 0 fully saturated rings. The van der Waals surface area contributed by atoms with Gasteiger partial charge in [0.25, 0.3) is 0 Å². The van der Waals surface area contributed by atoms with Gasteiger partial charge in [-0.2, -0.15) is 0 Å². The quantitative estimate of drug-likeness (QED) is 0.0736. The number of rotatable bonds is 26. The van der Waals surface area contributed by atoms with Gasteiger partial charge >= 0.3 is 17.9 Å². The zero-order valence-electron chi connectivity index (χ0n) is 27.6. The Morgan fingerprint density at radius 3 is 0.683 bits per heavy atom. The molecule has 0 saturated heterocycles. The molecule has 0 heterocycles. The van der Waals surface area contributed by atoms with Crippen molar-refractivity contribution in [1.82, 2.24) is 0 Å². The minimum atomic E-state index is -0.663. The second-order valence-electron chi connectivity index (χ2n) is 10.9. The van der Waals surface area contributed by atoms with Crippen LogP contribution in [0.25, 0.3) is 0 Å². The lowest BCUT2D eigenvalue weighted by Gasteiger charge is -1.98. The lowest BCUT2D eigenvalue weighted by Crippen LogP contribution is -1.93. The van der Waals surface area contributed by atoms with Gasteiger partial charge in [-0.05, 0) is 25.7 Å². The maximum Gasteiger partial charge on any atom is 0.303 e. The van der Waals surface area contributed by atoms with E-state index in [1.807, 2.05) is 0 Å². The number of hydrogen-bond donors (Lipinski definition) is 4. The highest BCUT2D eigenvalue weighted by molar-refractivity contribution is 5.67. The Hall–Kier alpha value is -1.63. The summed E-state index contributed by atoms with van der Waals surface area (Å²) in [4.78, 5) is 30.4. The summed E-state index contributed by atoms with van der Waals surface area (Å²) in [5.74, 6) is -1.99. The van der Waals surface area contributed by atoms with E-state index in [9.17, 15) is 14.4 Å². The van der Waals surface area contributed by atoms with Crippen molar-refractivity contribution in [3.05, 3.63) is 0 Å². The topological polar surface area (TPSA) is 132 Å². The zero-order chi connectivity index (χ0) is 31.8. The molecule has 0 aromatic heterocycles. The molecule has 7 heteroatoms. The number of aliphatic hydroxyl groups is 1. The fourth-order valence-electron chi connectivity index (χ4n) is 3.86. The third kappa shape index (κ3) is 67.8. The second kappa shape index (κ2) is 45.4. The van der Waals surface area contributed by atoms with E-state index in [0.717, 1.165) is 51.4 Å². The molecule has 0 amide bonds.